The number of carbonyl (C=O) groups is 1. The largest absolute Gasteiger partial charge is 0.344 e. The molecule has 2 rings (SSSR count). The van der Waals surface area contributed by atoms with Gasteiger partial charge in [0.15, 0.2) is 0 Å². The van der Waals surface area contributed by atoms with Crippen molar-refractivity contribution in [3.63, 3.8) is 0 Å². The van der Waals surface area contributed by atoms with Crippen LogP contribution in [0, 0.1) is 0 Å². The van der Waals surface area contributed by atoms with Crippen molar-refractivity contribution in [2.45, 2.75) is 26.3 Å². The molecule has 0 saturated carbocycles. The summed E-state index contributed by atoms with van der Waals surface area (Å²) < 4.78 is 0.821. The molecule has 0 aliphatic carbocycles. The normalized spacial score (nSPS) is 12.2. The van der Waals surface area contributed by atoms with Gasteiger partial charge in [-0.25, -0.2) is 4.98 Å². The highest BCUT2D eigenvalue weighted by Crippen LogP contribution is 2.22. The van der Waals surface area contributed by atoms with E-state index in [1.165, 1.54) is 0 Å². The van der Waals surface area contributed by atoms with E-state index in [1.807, 2.05) is 12.3 Å². The van der Waals surface area contributed by atoms with Crippen LogP contribution in [0.25, 0.3) is 0 Å². The molecule has 1 N–H and O–H groups in total. The molecular formula is C14H14BrClN2OS. The molecule has 0 aliphatic heterocycles. The number of thiazole rings is 1. The molecule has 1 atom stereocenters. The summed E-state index contributed by atoms with van der Waals surface area (Å²) in [6.07, 6.45) is 0.906. The van der Waals surface area contributed by atoms with Gasteiger partial charge in [-0.15, -0.1) is 11.3 Å². The topological polar surface area (TPSA) is 42.0 Å². The molecule has 0 saturated heterocycles. The van der Waals surface area contributed by atoms with Crippen molar-refractivity contribution < 1.29 is 4.79 Å². The Kier molecular flexibility index (Phi) is 5.18. The number of amides is 1. The summed E-state index contributed by atoms with van der Waals surface area (Å²) in [4.78, 5) is 16.7. The van der Waals surface area contributed by atoms with E-state index in [9.17, 15) is 4.79 Å². The van der Waals surface area contributed by atoms with Crippen LogP contribution in [0.5, 0.6) is 0 Å². The Hall–Kier alpha value is -0.910. The van der Waals surface area contributed by atoms with Gasteiger partial charge < -0.3 is 5.32 Å². The fourth-order valence-corrected chi connectivity index (χ4v) is 3.11. The first-order chi connectivity index (χ1) is 9.51. The molecule has 1 unspecified atom stereocenters. The summed E-state index contributed by atoms with van der Waals surface area (Å²) in [5, 5.41) is 6.40. The minimum atomic E-state index is -0.199. The minimum Gasteiger partial charge on any atom is -0.344 e. The van der Waals surface area contributed by atoms with Gasteiger partial charge >= 0.3 is 0 Å². The molecule has 20 heavy (non-hydrogen) atoms. The maximum absolute atomic E-state index is 12.2. The fourth-order valence-electron chi connectivity index (χ4n) is 1.71. The molecule has 1 amide bonds. The molecular weight excluding hydrogens is 360 g/mol. The SMILES string of the molecule is CCc1nc(C(C)NC(=O)c2cc(Br)ccc2Cl)cs1. The first-order valence-electron chi connectivity index (χ1n) is 6.21. The van der Waals surface area contributed by atoms with Gasteiger partial charge in [0.05, 0.1) is 27.3 Å². The van der Waals surface area contributed by atoms with Crippen LogP contribution in [0.2, 0.25) is 5.02 Å². The summed E-state index contributed by atoms with van der Waals surface area (Å²) in [7, 11) is 0. The molecule has 0 aliphatic rings. The average Bonchev–Trinajstić information content (AvgIpc) is 2.90. The van der Waals surface area contributed by atoms with E-state index in [1.54, 1.807) is 29.5 Å². The van der Waals surface area contributed by atoms with E-state index < -0.39 is 0 Å². The Morgan fingerprint density at radius 1 is 1.55 bits per heavy atom. The van der Waals surface area contributed by atoms with Gasteiger partial charge in [0.25, 0.3) is 5.91 Å². The fraction of sp³-hybridized carbons (Fsp3) is 0.286. The highest BCUT2D eigenvalue weighted by atomic mass is 79.9. The van der Waals surface area contributed by atoms with Crippen LogP contribution in [0.4, 0.5) is 0 Å². The Morgan fingerprint density at radius 2 is 2.30 bits per heavy atom. The van der Waals surface area contributed by atoms with Crippen molar-refractivity contribution in [2.75, 3.05) is 0 Å². The number of carbonyl (C=O) groups excluding carboxylic acids is 1. The maximum Gasteiger partial charge on any atom is 0.253 e. The summed E-state index contributed by atoms with van der Waals surface area (Å²) >= 11 is 11.0. The Labute approximate surface area is 135 Å². The zero-order valence-corrected chi connectivity index (χ0v) is 14.3. The second-order valence-corrected chi connectivity index (χ2v) is 6.60. The van der Waals surface area contributed by atoms with Gasteiger partial charge in [-0.3, -0.25) is 4.79 Å². The van der Waals surface area contributed by atoms with Crippen molar-refractivity contribution >= 4 is 44.8 Å². The smallest absolute Gasteiger partial charge is 0.253 e. The number of halogens is 2. The molecule has 0 bridgehead atoms. The van der Waals surface area contributed by atoms with Crippen molar-refractivity contribution in [1.29, 1.82) is 0 Å². The van der Waals surface area contributed by atoms with Gasteiger partial charge in [-0.05, 0) is 31.5 Å². The number of nitrogens with zero attached hydrogens (tertiary/aromatic N) is 1. The lowest BCUT2D eigenvalue weighted by Crippen LogP contribution is -2.27. The average molecular weight is 374 g/mol. The van der Waals surface area contributed by atoms with E-state index >= 15 is 0 Å². The van der Waals surface area contributed by atoms with Crippen LogP contribution in [0.15, 0.2) is 28.1 Å². The highest BCUT2D eigenvalue weighted by molar-refractivity contribution is 9.10. The molecule has 1 aromatic heterocycles. The van der Waals surface area contributed by atoms with Crippen LogP contribution in [0.1, 0.15) is 40.9 Å². The molecule has 0 fully saturated rings. The van der Waals surface area contributed by atoms with Crippen molar-refractivity contribution in [1.82, 2.24) is 10.3 Å². The first kappa shape index (κ1) is 15.5. The van der Waals surface area contributed by atoms with Crippen LogP contribution in [-0.4, -0.2) is 10.9 Å². The predicted molar refractivity (Wildman–Crippen MR) is 86.5 cm³/mol. The van der Waals surface area contributed by atoms with Crippen LogP contribution >= 0.6 is 38.9 Å². The lowest BCUT2D eigenvalue weighted by molar-refractivity contribution is 0.0939. The lowest BCUT2D eigenvalue weighted by Gasteiger charge is -2.12. The standard InChI is InChI=1S/C14H14BrClN2OS/c1-3-13-18-12(7-20-13)8(2)17-14(19)10-6-9(15)4-5-11(10)16/h4-8H,3H2,1-2H3,(H,17,19). The molecule has 0 spiro atoms. The van der Waals surface area contributed by atoms with Crippen LogP contribution < -0.4 is 5.32 Å². The Morgan fingerprint density at radius 3 is 2.95 bits per heavy atom. The van der Waals surface area contributed by atoms with Gasteiger partial charge in [0, 0.05) is 9.85 Å². The van der Waals surface area contributed by atoms with Crippen LogP contribution in [-0.2, 0) is 6.42 Å². The second kappa shape index (κ2) is 6.70. The van der Waals surface area contributed by atoms with E-state index in [0.717, 1.165) is 21.6 Å². The third-order valence-corrected chi connectivity index (χ3v) is 4.67. The third-order valence-electron chi connectivity index (χ3n) is 2.84. The van der Waals surface area contributed by atoms with E-state index in [4.69, 9.17) is 11.6 Å². The van der Waals surface area contributed by atoms with E-state index in [2.05, 4.69) is 33.2 Å². The zero-order valence-electron chi connectivity index (χ0n) is 11.1. The summed E-state index contributed by atoms with van der Waals surface area (Å²) in [6.45, 7) is 3.98. The summed E-state index contributed by atoms with van der Waals surface area (Å²) in [5.41, 5.74) is 1.34. The van der Waals surface area contributed by atoms with Gasteiger partial charge in [-0.2, -0.15) is 0 Å². The molecule has 6 heteroatoms. The molecule has 1 heterocycles. The van der Waals surface area contributed by atoms with Gasteiger partial charge in [0.2, 0.25) is 0 Å². The molecule has 106 valence electrons. The number of rotatable bonds is 4. The molecule has 2 aromatic rings. The lowest BCUT2D eigenvalue weighted by atomic mass is 10.2. The molecule has 3 nitrogen and oxygen atoms in total. The summed E-state index contributed by atoms with van der Waals surface area (Å²) in [5.74, 6) is -0.199. The summed E-state index contributed by atoms with van der Waals surface area (Å²) in [6, 6.07) is 5.07. The number of aromatic nitrogens is 1. The van der Waals surface area contributed by atoms with Crippen LogP contribution in [0.3, 0.4) is 0 Å². The molecule has 0 radical (unpaired) electrons. The highest BCUT2D eigenvalue weighted by Gasteiger charge is 2.16. The minimum absolute atomic E-state index is 0.144. The van der Waals surface area contributed by atoms with Crippen molar-refractivity contribution in [2.24, 2.45) is 0 Å². The molecule has 1 aromatic carbocycles. The van der Waals surface area contributed by atoms with Crippen molar-refractivity contribution in [3.05, 3.63) is 49.3 Å². The number of hydrogen-bond acceptors (Lipinski definition) is 3. The van der Waals surface area contributed by atoms with Gasteiger partial charge in [0.1, 0.15) is 0 Å². The van der Waals surface area contributed by atoms with Crippen molar-refractivity contribution in [3.8, 4) is 0 Å². The first-order valence-corrected chi connectivity index (χ1v) is 8.26. The van der Waals surface area contributed by atoms with E-state index in [0.29, 0.717) is 10.6 Å². The van der Waals surface area contributed by atoms with E-state index in [-0.39, 0.29) is 11.9 Å². The predicted octanol–water partition coefficient (Wildman–Crippen LogP) is 4.61. The maximum atomic E-state index is 12.2. The quantitative estimate of drug-likeness (QED) is 0.850. The Bertz CT molecular complexity index is 629. The number of aryl methyl sites for hydroxylation is 1. The zero-order chi connectivity index (χ0) is 14.7. The Balaban J connectivity index is 2.12. The number of hydrogen-bond donors (Lipinski definition) is 1. The number of nitrogens with one attached hydrogen (secondary N) is 1. The number of benzene rings is 1. The third kappa shape index (κ3) is 3.59. The second-order valence-electron chi connectivity index (χ2n) is 4.34. The van der Waals surface area contributed by atoms with Gasteiger partial charge in [-0.1, -0.05) is 34.5 Å². The monoisotopic (exact) mass is 372 g/mol.